The Morgan fingerprint density at radius 1 is 1.14 bits per heavy atom. The van der Waals surface area contributed by atoms with Crippen molar-refractivity contribution in [2.75, 3.05) is 13.1 Å². The first-order valence-electron chi connectivity index (χ1n) is 8.29. The molecule has 1 aliphatic heterocycles. The third-order valence-corrected chi connectivity index (χ3v) is 4.71. The molecule has 0 radical (unpaired) electrons. The van der Waals surface area contributed by atoms with Gasteiger partial charge in [0.2, 0.25) is 0 Å². The van der Waals surface area contributed by atoms with Crippen molar-refractivity contribution in [3.63, 3.8) is 0 Å². The summed E-state index contributed by atoms with van der Waals surface area (Å²) in [6.45, 7) is 3.07. The molecule has 1 aliphatic carbocycles. The van der Waals surface area contributed by atoms with Crippen molar-refractivity contribution in [2.24, 2.45) is 5.92 Å². The van der Waals surface area contributed by atoms with E-state index in [0.717, 1.165) is 12.8 Å². The zero-order valence-electron chi connectivity index (χ0n) is 12.9. The predicted octanol–water partition coefficient (Wildman–Crippen LogP) is 2.44. The molecule has 1 atom stereocenters. The van der Waals surface area contributed by atoms with E-state index in [1.165, 1.54) is 19.3 Å². The Morgan fingerprint density at radius 2 is 1.76 bits per heavy atom. The van der Waals surface area contributed by atoms with Crippen LogP contribution in [-0.2, 0) is 14.3 Å². The normalized spacial score (nSPS) is 23.0. The van der Waals surface area contributed by atoms with E-state index >= 15 is 0 Å². The van der Waals surface area contributed by atoms with Crippen molar-refractivity contribution in [1.82, 2.24) is 4.90 Å². The summed E-state index contributed by atoms with van der Waals surface area (Å²) in [5.74, 6) is -0.993. The third kappa shape index (κ3) is 4.43. The minimum absolute atomic E-state index is 0.0481. The average molecular weight is 297 g/mol. The number of carbonyl (C=O) groups is 2. The molecule has 1 saturated carbocycles. The Hall–Kier alpha value is -1.10. The molecule has 5 nitrogen and oxygen atoms in total. The van der Waals surface area contributed by atoms with Gasteiger partial charge < -0.3 is 14.7 Å². The van der Waals surface area contributed by atoms with Crippen LogP contribution in [0.2, 0.25) is 0 Å². The van der Waals surface area contributed by atoms with Crippen LogP contribution in [0.3, 0.4) is 0 Å². The van der Waals surface area contributed by atoms with Crippen LogP contribution in [0.5, 0.6) is 0 Å². The van der Waals surface area contributed by atoms with E-state index in [0.29, 0.717) is 32.4 Å². The van der Waals surface area contributed by atoms with Gasteiger partial charge in [-0.1, -0.05) is 26.2 Å². The molecule has 0 spiro atoms. The average Bonchev–Trinajstić information content (AvgIpc) is 2.53. The molecular weight excluding hydrogens is 270 g/mol. The lowest BCUT2D eigenvalue weighted by molar-refractivity contribution is -0.153. The van der Waals surface area contributed by atoms with Gasteiger partial charge in [0, 0.05) is 13.1 Å². The standard InChI is InChI=1S/C16H27NO4/c1-2-14(21-13-6-4-3-5-7-13)15(18)17-10-8-12(9-11-17)16(19)20/h12-14H,2-11H2,1H3,(H,19,20). The smallest absolute Gasteiger partial charge is 0.306 e. The molecule has 0 aromatic heterocycles. The van der Waals surface area contributed by atoms with Crippen molar-refractivity contribution in [2.45, 2.75) is 70.5 Å². The summed E-state index contributed by atoms with van der Waals surface area (Å²) in [7, 11) is 0. The molecule has 21 heavy (non-hydrogen) atoms. The summed E-state index contributed by atoms with van der Waals surface area (Å²) in [5, 5.41) is 9.01. The number of carbonyl (C=O) groups excluding carboxylic acids is 1. The quantitative estimate of drug-likeness (QED) is 0.846. The van der Waals surface area contributed by atoms with Crippen molar-refractivity contribution >= 4 is 11.9 Å². The van der Waals surface area contributed by atoms with Crippen LogP contribution in [0.4, 0.5) is 0 Å². The predicted molar refractivity (Wildman–Crippen MR) is 79.0 cm³/mol. The summed E-state index contributed by atoms with van der Waals surface area (Å²) < 4.78 is 6.02. The van der Waals surface area contributed by atoms with E-state index in [2.05, 4.69) is 0 Å². The first-order chi connectivity index (χ1) is 10.1. The monoisotopic (exact) mass is 297 g/mol. The maximum Gasteiger partial charge on any atom is 0.306 e. The lowest BCUT2D eigenvalue weighted by Gasteiger charge is -2.34. The van der Waals surface area contributed by atoms with Crippen LogP contribution in [0.15, 0.2) is 0 Å². The highest BCUT2D eigenvalue weighted by molar-refractivity contribution is 5.81. The van der Waals surface area contributed by atoms with Gasteiger partial charge in [0.1, 0.15) is 6.10 Å². The zero-order chi connectivity index (χ0) is 15.2. The SMILES string of the molecule is CCC(OC1CCCCC1)C(=O)N1CCC(C(=O)O)CC1. The molecule has 2 aliphatic rings. The molecule has 1 N–H and O–H groups in total. The molecule has 2 rings (SSSR count). The van der Waals surface area contributed by atoms with E-state index in [1.54, 1.807) is 4.90 Å². The van der Waals surface area contributed by atoms with E-state index in [4.69, 9.17) is 9.84 Å². The van der Waals surface area contributed by atoms with Crippen molar-refractivity contribution < 1.29 is 19.4 Å². The van der Waals surface area contributed by atoms with Gasteiger partial charge in [0.25, 0.3) is 5.91 Å². The second-order valence-corrected chi connectivity index (χ2v) is 6.23. The van der Waals surface area contributed by atoms with Gasteiger partial charge in [-0.15, -0.1) is 0 Å². The molecule has 0 aromatic carbocycles. The van der Waals surface area contributed by atoms with Crippen LogP contribution in [0, 0.1) is 5.92 Å². The van der Waals surface area contributed by atoms with Gasteiger partial charge in [-0.25, -0.2) is 0 Å². The number of rotatable bonds is 5. The Morgan fingerprint density at radius 3 is 2.29 bits per heavy atom. The Kier molecular flexibility index (Phi) is 6.03. The number of ether oxygens (including phenoxy) is 1. The van der Waals surface area contributed by atoms with Gasteiger partial charge in [0.15, 0.2) is 0 Å². The zero-order valence-corrected chi connectivity index (χ0v) is 12.9. The van der Waals surface area contributed by atoms with Crippen molar-refractivity contribution in [1.29, 1.82) is 0 Å². The van der Waals surface area contributed by atoms with E-state index in [-0.39, 0.29) is 24.0 Å². The minimum Gasteiger partial charge on any atom is -0.481 e. The highest BCUT2D eigenvalue weighted by Gasteiger charge is 2.31. The maximum atomic E-state index is 12.5. The highest BCUT2D eigenvalue weighted by Crippen LogP contribution is 2.24. The van der Waals surface area contributed by atoms with E-state index in [9.17, 15) is 9.59 Å². The fourth-order valence-electron chi connectivity index (χ4n) is 3.31. The van der Waals surface area contributed by atoms with Gasteiger partial charge >= 0.3 is 5.97 Å². The summed E-state index contributed by atoms with van der Waals surface area (Å²) in [6, 6.07) is 0. The first-order valence-corrected chi connectivity index (χ1v) is 8.29. The largest absolute Gasteiger partial charge is 0.481 e. The molecular formula is C16H27NO4. The fraction of sp³-hybridized carbons (Fsp3) is 0.875. The van der Waals surface area contributed by atoms with Crippen LogP contribution in [-0.4, -0.2) is 47.2 Å². The van der Waals surface area contributed by atoms with Gasteiger partial charge in [-0.2, -0.15) is 0 Å². The molecule has 5 heteroatoms. The van der Waals surface area contributed by atoms with Crippen LogP contribution in [0.1, 0.15) is 58.3 Å². The highest BCUT2D eigenvalue weighted by atomic mass is 16.5. The molecule has 120 valence electrons. The number of hydrogen-bond donors (Lipinski definition) is 1. The number of carboxylic acid groups (broad SMARTS) is 1. The lowest BCUT2D eigenvalue weighted by atomic mass is 9.96. The number of aliphatic carboxylic acids is 1. The molecule has 1 heterocycles. The maximum absolute atomic E-state index is 12.5. The summed E-state index contributed by atoms with van der Waals surface area (Å²) in [6.07, 6.45) is 7.45. The Labute approximate surface area is 126 Å². The van der Waals surface area contributed by atoms with Crippen LogP contribution < -0.4 is 0 Å². The number of hydrogen-bond acceptors (Lipinski definition) is 3. The number of amides is 1. The second-order valence-electron chi connectivity index (χ2n) is 6.23. The van der Waals surface area contributed by atoms with Gasteiger partial charge in [-0.3, -0.25) is 9.59 Å². The topological polar surface area (TPSA) is 66.8 Å². The molecule has 1 unspecified atom stereocenters. The molecule has 0 aromatic rings. The van der Waals surface area contributed by atoms with Crippen molar-refractivity contribution in [3.8, 4) is 0 Å². The first kappa shape index (κ1) is 16.3. The van der Waals surface area contributed by atoms with Crippen LogP contribution >= 0.6 is 0 Å². The molecule has 2 fully saturated rings. The third-order valence-electron chi connectivity index (χ3n) is 4.71. The summed E-state index contributed by atoms with van der Waals surface area (Å²) in [5.41, 5.74) is 0. The number of nitrogens with zero attached hydrogens (tertiary/aromatic N) is 1. The lowest BCUT2D eigenvalue weighted by Crippen LogP contribution is -2.46. The summed E-state index contributed by atoms with van der Waals surface area (Å²) in [4.78, 5) is 25.3. The fourth-order valence-corrected chi connectivity index (χ4v) is 3.31. The number of likely N-dealkylation sites (tertiary alicyclic amines) is 1. The number of carboxylic acids is 1. The van der Waals surface area contributed by atoms with Gasteiger partial charge in [-0.05, 0) is 32.1 Å². The van der Waals surface area contributed by atoms with E-state index in [1.807, 2.05) is 6.92 Å². The Bertz CT molecular complexity index is 357. The molecule has 1 saturated heterocycles. The van der Waals surface area contributed by atoms with E-state index < -0.39 is 5.97 Å². The Balaban J connectivity index is 1.83. The molecule has 0 bridgehead atoms. The van der Waals surface area contributed by atoms with Crippen LogP contribution in [0.25, 0.3) is 0 Å². The second kappa shape index (κ2) is 7.78. The van der Waals surface area contributed by atoms with Gasteiger partial charge in [0.05, 0.1) is 12.0 Å². The molecule has 1 amide bonds. The summed E-state index contributed by atoms with van der Waals surface area (Å²) >= 11 is 0. The van der Waals surface area contributed by atoms with Crippen molar-refractivity contribution in [3.05, 3.63) is 0 Å². The number of piperidine rings is 1. The minimum atomic E-state index is -0.743.